The third kappa shape index (κ3) is 4.95. The van der Waals surface area contributed by atoms with Gasteiger partial charge in [0.2, 0.25) is 10.0 Å². The number of hydrogen-bond donors (Lipinski definition) is 0. The third-order valence-electron chi connectivity index (χ3n) is 5.37. The van der Waals surface area contributed by atoms with Gasteiger partial charge in [-0.25, -0.2) is 17.8 Å². The molecule has 0 radical (unpaired) electrons. The molecule has 0 atom stereocenters. The van der Waals surface area contributed by atoms with Crippen molar-refractivity contribution >= 4 is 10.0 Å². The van der Waals surface area contributed by atoms with Crippen molar-refractivity contribution in [2.45, 2.75) is 12.3 Å². The quantitative estimate of drug-likeness (QED) is 0.581. The number of imidazole rings is 1. The molecule has 0 aliphatic carbocycles. The van der Waals surface area contributed by atoms with Gasteiger partial charge in [0, 0.05) is 57.2 Å². The fourth-order valence-corrected chi connectivity index (χ4v) is 5.25. The molecule has 1 saturated heterocycles. The van der Waals surface area contributed by atoms with Crippen LogP contribution in [0.5, 0.6) is 0 Å². The third-order valence-corrected chi connectivity index (χ3v) is 7.22. The topological polar surface area (TPSA) is 58.4 Å². The van der Waals surface area contributed by atoms with E-state index in [1.54, 1.807) is 12.3 Å². The van der Waals surface area contributed by atoms with Crippen LogP contribution in [0, 0.1) is 5.82 Å². The van der Waals surface area contributed by atoms with Crippen molar-refractivity contribution in [1.29, 1.82) is 0 Å². The van der Waals surface area contributed by atoms with Crippen LogP contribution in [0.1, 0.15) is 5.56 Å². The molecule has 0 unspecified atom stereocenters. The van der Waals surface area contributed by atoms with Gasteiger partial charge in [-0.05, 0) is 17.7 Å². The Morgan fingerprint density at radius 3 is 2.43 bits per heavy atom. The summed E-state index contributed by atoms with van der Waals surface area (Å²) in [5.41, 5.74) is 1.56. The normalized spacial score (nSPS) is 16.0. The zero-order chi connectivity index (χ0) is 21.0. The summed E-state index contributed by atoms with van der Waals surface area (Å²) in [6, 6.07) is 15.8. The maximum Gasteiger partial charge on any atom is 0.218 e. The standard InChI is InChI=1S/C22H25FN4O2S/c23-21-8-4-5-19(17-21)18-30(28,29)27-15-12-25(13-16-27)11-14-26-10-9-24-22(26)20-6-2-1-3-7-20/h1-10,17H,11-16,18H2. The Kier molecular flexibility index (Phi) is 6.26. The van der Waals surface area contributed by atoms with Crippen LogP contribution >= 0.6 is 0 Å². The first-order chi connectivity index (χ1) is 14.5. The van der Waals surface area contributed by atoms with E-state index >= 15 is 0 Å². The van der Waals surface area contributed by atoms with Crippen LogP contribution in [0.2, 0.25) is 0 Å². The summed E-state index contributed by atoms with van der Waals surface area (Å²) in [7, 11) is -3.45. The van der Waals surface area contributed by atoms with E-state index in [1.807, 2.05) is 36.5 Å². The summed E-state index contributed by atoms with van der Waals surface area (Å²) < 4.78 is 42.4. The number of hydrogen-bond acceptors (Lipinski definition) is 4. The molecule has 2 aromatic carbocycles. The van der Waals surface area contributed by atoms with Gasteiger partial charge in [-0.1, -0.05) is 42.5 Å². The van der Waals surface area contributed by atoms with Crippen LogP contribution in [0.25, 0.3) is 11.4 Å². The zero-order valence-corrected chi connectivity index (χ0v) is 17.5. The van der Waals surface area contributed by atoms with E-state index in [-0.39, 0.29) is 5.75 Å². The summed E-state index contributed by atoms with van der Waals surface area (Å²) in [6.45, 7) is 3.88. The summed E-state index contributed by atoms with van der Waals surface area (Å²) in [5, 5.41) is 0. The summed E-state index contributed by atoms with van der Waals surface area (Å²) in [4.78, 5) is 6.74. The highest BCUT2D eigenvalue weighted by atomic mass is 32.2. The first-order valence-corrected chi connectivity index (χ1v) is 11.6. The molecule has 158 valence electrons. The van der Waals surface area contributed by atoms with Gasteiger partial charge in [0.15, 0.2) is 0 Å². The predicted molar refractivity (Wildman–Crippen MR) is 115 cm³/mol. The van der Waals surface area contributed by atoms with Crippen LogP contribution < -0.4 is 0 Å². The minimum atomic E-state index is -3.45. The number of piperazine rings is 1. The largest absolute Gasteiger partial charge is 0.330 e. The lowest BCUT2D eigenvalue weighted by molar-refractivity contribution is 0.183. The Morgan fingerprint density at radius 2 is 1.70 bits per heavy atom. The van der Waals surface area contributed by atoms with Crippen LogP contribution in [0.15, 0.2) is 67.0 Å². The highest BCUT2D eigenvalue weighted by molar-refractivity contribution is 7.88. The maximum atomic E-state index is 13.4. The highest BCUT2D eigenvalue weighted by Gasteiger charge is 2.27. The lowest BCUT2D eigenvalue weighted by Gasteiger charge is -2.34. The Hall–Kier alpha value is -2.55. The van der Waals surface area contributed by atoms with Gasteiger partial charge in [-0.15, -0.1) is 0 Å². The maximum absolute atomic E-state index is 13.4. The summed E-state index contributed by atoms with van der Waals surface area (Å²) in [5.74, 6) is 0.356. The predicted octanol–water partition coefficient (Wildman–Crippen LogP) is 2.84. The van der Waals surface area contributed by atoms with Crippen molar-refractivity contribution < 1.29 is 12.8 Å². The molecule has 4 rings (SSSR count). The van der Waals surface area contributed by atoms with Crippen LogP contribution in [0.4, 0.5) is 4.39 Å². The number of rotatable bonds is 7. The monoisotopic (exact) mass is 428 g/mol. The molecule has 1 aliphatic rings. The van der Waals surface area contributed by atoms with Gasteiger partial charge >= 0.3 is 0 Å². The zero-order valence-electron chi connectivity index (χ0n) is 16.7. The van der Waals surface area contributed by atoms with Crippen LogP contribution in [-0.4, -0.2) is 59.9 Å². The number of aromatic nitrogens is 2. The van der Waals surface area contributed by atoms with E-state index in [4.69, 9.17) is 0 Å². The molecule has 3 aromatic rings. The van der Waals surface area contributed by atoms with Crippen LogP contribution in [-0.2, 0) is 22.3 Å². The molecule has 8 heteroatoms. The van der Waals surface area contributed by atoms with Gasteiger partial charge in [-0.2, -0.15) is 4.31 Å². The van der Waals surface area contributed by atoms with Crippen molar-refractivity contribution in [1.82, 2.24) is 18.8 Å². The molecule has 0 spiro atoms. The van der Waals surface area contributed by atoms with Crippen molar-refractivity contribution in [3.05, 3.63) is 78.4 Å². The van der Waals surface area contributed by atoms with Crippen LogP contribution in [0.3, 0.4) is 0 Å². The van der Waals surface area contributed by atoms with Crippen molar-refractivity contribution in [3.8, 4) is 11.4 Å². The number of halogens is 1. The molecule has 6 nitrogen and oxygen atoms in total. The first-order valence-electron chi connectivity index (χ1n) is 10.0. The van der Waals surface area contributed by atoms with Crippen molar-refractivity contribution in [2.24, 2.45) is 0 Å². The number of nitrogens with zero attached hydrogens (tertiary/aromatic N) is 4. The average molecular weight is 429 g/mol. The fraction of sp³-hybridized carbons (Fsp3) is 0.318. The van der Waals surface area contributed by atoms with Gasteiger partial charge in [0.25, 0.3) is 0 Å². The number of sulfonamides is 1. The van der Waals surface area contributed by atoms with E-state index in [2.05, 4.69) is 14.5 Å². The second-order valence-electron chi connectivity index (χ2n) is 7.44. The van der Waals surface area contributed by atoms with Crippen molar-refractivity contribution in [2.75, 3.05) is 32.7 Å². The lowest BCUT2D eigenvalue weighted by Crippen LogP contribution is -2.49. The minimum absolute atomic E-state index is 0.166. The first kappa shape index (κ1) is 20.7. The van der Waals surface area contributed by atoms with Gasteiger partial charge in [0.1, 0.15) is 11.6 Å². The second-order valence-corrected chi connectivity index (χ2v) is 9.41. The second kappa shape index (κ2) is 9.07. The molecule has 0 N–H and O–H groups in total. The highest BCUT2D eigenvalue weighted by Crippen LogP contribution is 2.18. The number of benzene rings is 2. The average Bonchev–Trinajstić information content (AvgIpc) is 3.21. The molecular formula is C22H25FN4O2S. The van der Waals surface area contributed by atoms with E-state index in [1.165, 1.54) is 22.5 Å². The molecular weight excluding hydrogens is 403 g/mol. The molecule has 0 bridgehead atoms. The Balaban J connectivity index is 1.31. The van der Waals surface area contributed by atoms with Gasteiger partial charge in [-0.3, -0.25) is 4.90 Å². The molecule has 1 aromatic heterocycles. The molecule has 2 heterocycles. The van der Waals surface area contributed by atoms with E-state index < -0.39 is 15.8 Å². The molecule has 1 fully saturated rings. The minimum Gasteiger partial charge on any atom is -0.330 e. The Morgan fingerprint density at radius 1 is 0.933 bits per heavy atom. The smallest absolute Gasteiger partial charge is 0.218 e. The molecule has 0 saturated carbocycles. The Labute approximate surface area is 176 Å². The molecule has 30 heavy (non-hydrogen) atoms. The van der Waals surface area contributed by atoms with E-state index in [0.717, 1.165) is 24.5 Å². The lowest BCUT2D eigenvalue weighted by atomic mass is 10.2. The summed E-state index contributed by atoms with van der Waals surface area (Å²) in [6.07, 6.45) is 3.78. The van der Waals surface area contributed by atoms with E-state index in [9.17, 15) is 12.8 Å². The fourth-order valence-electron chi connectivity index (χ4n) is 3.75. The molecule has 1 aliphatic heterocycles. The van der Waals surface area contributed by atoms with Gasteiger partial charge in [0.05, 0.1) is 5.75 Å². The summed E-state index contributed by atoms with van der Waals surface area (Å²) >= 11 is 0. The molecule has 0 amide bonds. The van der Waals surface area contributed by atoms with Crippen molar-refractivity contribution in [3.63, 3.8) is 0 Å². The van der Waals surface area contributed by atoms with Gasteiger partial charge < -0.3 is 4.57 Å². The van der Waals surface area contributed by atoms with E-state index in [0.29, 0.717) is 31.7 Å². The SMILES string of the molecule is O=S(=O)(Cc1cccc(F)c1)N1CCN(CCn2ccnc2-c2ccccc2)CC1. The Bertz CT molecular complexity index is 1080.